The van der Waals surface area contributed by atoms with Gasteiger partial charge in [-0.3, -0.25) is 10.00 Å². The molecular formula is C23H26N6O3S. The topological polar surface area (TPSA) is 101 Å². The molecule has 0 spiro atoms. The highest BCUT2D eigenvalue weighted by Gasteiger charge is 2.20. The fraction of sp³-hybridized carbons (Fsp3) is 0.348. The van der Waals surface area contributed by atoms with Crippen LogP contribution in [0.5, 0.6) is 5.88 Å². The van der Waals surface area contributed by atoms with Gasteiger partial charge in [-0.25, -0.2) is 9.97 Å². The highest BCUT2D eigenvalue weighted by atomic mass is 32.2. The molecule has 1 fully saturated rings. The molecule has 0 aliphatic carbocycles. The zero-order chi connectivity index (χ0) is 22.8. The Bertz CT molecular complexity index is 1260. The van der Waals surface area contributed by atoms with Crippen LogP contribution in [-0.4, -0.2) is 64.2 Å². The van der Waals surface area contributed by atoms with Crippen LogP contribution in [0.3, 0.4) is 0 Å². The van der Waals surface area contributed by atoms with Crippen LogP contribution in [0.1, 0.15) is 12.7 Å². The van der Waals surface area contributed by atoms with Gasteiger partial charge in [0, 0.05) is 42.1 Å². The third-order valence-corrected chi connectivity index (χ3v) is 6.06. The number of benzene rings is 1. The van der Waals surface area contributed by atoms with Crippen LogP contribution < -0.4 is 9.46 Å². The molecule has 0 saturated carbocycles. The summed E-state index contributed by atoms with van der Waals surface area (Å²) in [5.74, 6) is 1.95. The van der Waals surface area contributed by atoms with Crippen molar-refractivity contribution in [2.45, 2.75) is 19.6 Å². The summed E-state index contributed by atoms with van der Waals surface area (Å²) >= 11 is 1.49. The van der Waals surface area contributed by atoms with E-state index in [2.05, 4.69) is 48.8 Å². The molecule has 33 heavy (non-hydrogen) atoms. The smallest absolute Gasteiger partial charge is 0.237 e. The van der Waals surface area contributed by atoms with Crippen LogP contribution in [0.2, 0.25) is 0 Å². The average Bonchev–Trinajstić information content (AvgIpc) is 3.48. The van der Waals surface area contributed by atoms with E-state index >= 15 is 0 Å². The molecule has 0 radical (unpaired) electrons. The minimum Gasteiger partial charge on any atom is -0.480 e. The van der Waals surface area contributed by atoms with Gasteiger partial charge in [-0.15, -0.1) is 0 Å². The SMILES string of the molecule is COc1ncc(-c2cc(-c3ncc(CN4CCO[C@H](C)C4)o3)c3cn[nH]c3c2)cc1NSC. The zero-order valence-corrected chi connectivity index (χ0v) is 19.6. The van der Waals surface area contributed by atoms with Gasteiger partial charge in [0.25, 0.3) is 0 Å². The van der Waals surface area contributed by atoms with E-state index in [1.807, 2.05) is 18.5 Å². The number of H-pyrrole nitrogens is 1. The Labute approximate surface area is 196 Å². The second-order valence-corrected chi connectivity index (χ2v) is 8.60. The molecule has 2 N–H and O–H groups in total. The van der Waals surface area contributed by atoms with Crippen molar-refractivity contribution in [1.29, 1.82) is 0 Å². The Morgan fingerprint density at radius 1 is 1.21 bits per heavy atom. The van der Waals surface area contributed by atoms with Crippen LogP contribution in [0, 0.1) is 0 Å². The molecule has 1 saturated heterocycles. The lowest BCUT2D eigenvalue weighted by molar-refractivity contribution is -0.0230. The summed E-state index contributed by atoms with van der Waals surface area (Å²) in [7, 11) is 1.61. The fourth-order valence-corrected chi connectivity index (χ4v) is 4.48. The molecule has 1 aromatic carbocycles. The quantitative estimate of drug-likeness (QED) is 0.388. The maximum absolute atomic E-state index is 6.19. The summed E-state index contributed by atoms with van der Waals surface area (Å²) in [6.45, 7) is 5.31. The van der Waals surface area contributed by atoms with Crippen LogP contribution in [0.4, 0.5) is 5.69 Å². The number of pyridine rings is 1. The number of aromatic amines is 1. The second-order valence-electron chi connectivity index (χ2n) is 7.99. The van der Waals surface area contributed by atoms with E-state index < -0.39 is 0 Å². The normalized spacial score (nSPS) is 16.9. The van der Waals surface area contributed by atoms with Crippen molar-refractivity contribution in [3.63, 3.8) is 0 Å². The zero-order valence-electron chi connectivity index (χ0n) is 18.8. The number of nitrogens with zero attached hydrogens (tertiary/aromatic N) is 4. The Morgan fingerprint density at radius 2 is 2.12 bits per heavy atom. The van der Waals surface area contributed by atoms with Gasteiger partial charge >= 0.3 is 0 Å². The van der Waals surface area contributed by atoms with E-state index in [0.29, 0.717) is 18.3 Å². The summed E-state index contributed by atoms with van der Waals surface area (Å²) in [5.41, 5.74) is 4.52. The summed E-state index contributed by atoms with van der Waals surface area (Å²) in [5, 5.41) is 8.27. The molecule has 172 valence electrons. The molecule has 10 heteroatoms. The van der Waals surface area contributed by atoms with Crippen molar-refractivity contribution in [3.05, 3.63) is 42.5 Å². The monoisotopic (exact) mass is 466 g/mol. The average molecular weight is 467 g/mol. The van der Waals surface area contributed by atoms with Gasteiger partial charge in [0.05, 0.1) is 44.3 Å². The largest absolute Gasteiger partial charge is 0.480 e. The van der Waals surface area contributed by atoms with Gasteiger partial charge in [-0.2, -0.15) is 5.10 Å². The highest BCUT2D eigenvalue weighted by molar-refractivity contribution is 7.99. The summed E-state index contributed by atoms with van der Waals surface area (Å²) in [6.07, 6.45) is 7.59. The maximum Gasteiger partial charge on any atom is 0.237 e. The van der Waals surface area contributed by atoms with Gasteiger partial charge < -0.3 is 18.6 Å². The number of oxazole rings is 1. The predicted molar refractivity (Wildman–Crippen MR) is 129 cm³/mol. The van der Waals surface area contributed by atoms with Crippen molar-refractivity contribution in [2.75, 3.05) is 37.8 Å². The first-order valence-electron chi connectivity index (χ1n) is 10.7. The second kappa shape index (κ2) is 9.42. The number of anilines is 1. The first-order valence-corrected chi connectivity index (χ1v) is 12.0. The molecule has 9 nitrogen and oxygen atoms in total. The van der Waals surface area contributed by atoms with Gasteiger partial charge in [-0.1, -0.05) is 11.9 Å². The minimum absolute atomic E-state index is 0.229. The maximum atomic E-state index is 6.19. The molecule has 0 amide bonds. The number of hydrogen-bond donors (Lipinski definition) is 2. The predicted octanol–water partition coefficient (Wildman–Crippen LogP) is 4.20. The van der Waals surface area contributed by atoms with Crippen molar-refractivity contribution in [1.82, 2.24) is 25.1 Å². The van der Waals surface area contributed by atoms with E-state index in [1.54, 1.807) is 19.5 Å². The number of ether oxygens (including phenoxy) is 2. The fourth-order valence-electron chi connectivity index (χ4n) is 4.11. The number of morpholine rings is 1. The van der Waals surface area contributed by atoms with E-state index in [-0.39, 0.29) is 6.10 Å². The molecule has 0 bridgehead atoms. The van der Waals surface area contributed by atoms with E-state index in [4.69, 9.17) is 13.9 Å². The van der Waals surface area contributed by atoms with Crippen molar-refractivity contribution in [3.8, 4) is 28.5 Å². The van der Waals surface area contributed by atoms with E-state index in [1.165, 1.54) is 11.9 Å². The third kappa shape index (κ3) is 4.54. The lowest BCUT2D eigenvalue weighted by Gasteiger charge is -2.30. The molecule has 4 aromatic rings. The summed E-state index contributed by atoms with van der Waals surface area (Å²) < 4.78 is 20.4. The van der Waals surface area contributed by atoms with Gasteiger partial charge in [0.1, 0.15) is 11.4 Å². The number of rotatable bonds is 7. The van der Waals surface area contributed by atoms with Crippen molar-refractivity contribution in [2.24, 2.45) is 0 Å². The van der Waals surface area contributed by atoms with Crippen LogP contribution >= 0.6 is 11.9 Å². The van der Waals surface area contributed by atoms with Crippen LogP contribution in [0.15, 0.2) is 41.2 Å². The number of methoxy groups -OCH3 is 1. The van der Waals surface area contributed by atoms with Crippen molar-refractivity contribution >= 4 is 28.5 Å². The first kappa shape index (κ1) is 21.7. The lowest BCUT2D eigenvalue weighted by atomic mass is 10.0. The molecule has 0 unspecified atom stereocenters. The molecule has 4 heterocycles. The Kier molecular flexibility index (Phi) is 6.21. The molecule has 1 aliphatic rings. The number of fused-ring (bicyclic) bond motifs is 1. The lowest BCUT2D eigenvalue weighted by Crippen LogP contribution is -2.40. The minimum atomic E-state index is 0.229. The third-order valence-electron chi connectivity index (χ3n) is 5.64. The highest BCUT2D eigenvalue weighted by Crippen LogP contribution is 2.35. The molecule has 5 rings (SSSR count). The van der Waals surface area contributed by atoms with Gasteiger partial charge in [0.2, 0.25) is 11.8 Å². The Morgan fingerprint density at radius 3 is 2.94 bits per heavy atom. The molecule has 3 aromatic heterocycles. The molecule has 1 aliphatic heterocycles. The summed E-state index contributed by atoms with van der Waals surface area (Å²) in [4.78, 5) is 11.4. The molecule has 1 atom stereocenters. The Balaban J connectivity index is 1.49. The number of aromatic nitrogens is 4. The number of hydrogen-bond acceptors (Lipinski definition) is 9. The van der Waals surface area contributed by atoms with Gasteiger partial charge in [0.15, 0.2) is 0 Å². The van der Waals surface area contributed by atoms with E-state index in [9.17, 15) is 0 Å². The van der Waals surface area contributed by atoms with Crippen LogP contribution in [-0.2, 0) is 11.3 Å². The van der Waals surface area contributed by atoms with E-state index in [0.717, 1.165) is 58.7 Å². The Hall–Kier alpha value is -3.08. The van der Waals surface area contributed by atoms with Crippen LogP contribution in [0.25, 0.3) is 33.5 Å². The first-order chi connectivity index (χ1) is 16.1. The number of nitrogens with one attached hydrogen (secondary N) is 2. The van der Waals surface area contributed by atoms with Crippen molar-refractivity contribution < 1.29 is 13.9 Å². The standard InChI is InChI=1S/C23H26N6O3S/c1-14-12-29(4-5-31-14)13-17-10-25-22(32-17)18-6-15(7-20-19(18)11-26-27-20)16-8-21(28-33-3)23(30-2)24-9-16/h6-11,14,28H,4-5,12-13H2,1-3H3,(H,26,27)/t14-/m1/s1. The summed E-state index contributed by atoms with van der Waals surface area (Å²) in [6, 6.07) is 6.14. The van der Waals surface area contributed by atoms with Gasteiger partial charge in [-0.05, 0) is 30.7 Å². The molecular weight excluding hydrogens is 440 g/mol.